The Kier molecular flexibility index (Phi) is 5.09. The van der Waals surface area contributed by atoms with Gasteiger partial charge in [0.15, 0.2) is 0 Å². The van der Waals surface area contributed by atoms with Gasteiger partial charge in [-0.25, -0.2) is 4.39 Å². The van der Waals surface area contributed by atoms with E-state index in [1.54, 1.807) is 30.3 Å². The maximum atomic E-state index is 13.3. The van der Waals surface area contributed by atoms with Crippen molar-refractivity contribution in [2.45, 2.75) is 17.1 Å². The largest absolute Gasteiger partial charge is 0.481 e. The van der Waals surface area contributed by atoms with Gasteiger partial charge in [0.05, 0.1) is 28.0 Å². The van der Waals surface area contributed by atoms with Crippen LogP contribution in [-0.2, 0) is 27.8 Å². The number of hydrogen-bond acceptors (Lipinski definition) is 2. The molecule has 0 aliphatic rings. The minimum absolute atomic E-state index is 0.0200. The van der Waals surface area contributed by atoms with Gasteiger partial charge in [0.2, 0.25) is 0 Å². The van der Waals surface area contributed by atoms with Crippen LogP contribution in [-0.4, -0.2) is 15.3 Å². The van der Waals surface area contributed by atoms with Gasteiger partial charge in [-0.15, -0.1) is 0 Å². The van der Waals surface area contributed by atoms with E-state index < -0.39 is 22.6 Å². The zero-order valence-corrected chi connectivity index (χ0v) is 12.5. The number of aliphatic carboxylic acids is 1. The van der Waals surface area contributed by atoms with Crippen LogP contribution in [0.5, 0.6) is 0 Å². The van der Waals surface area contributed by atoms with Crippen molar-refractivity contribution in [1.82, 2.24) is 0 Å². The molecule has 0 aliphatic carbocycles. The van der Waals surface area contributed by atoms with Crippen molar-refractivity contribution < 1.29 is 18.5 Å². The maximum Gasteiger partial charge on any atom is 0.307 e. The molecule has 0 aliphatic heterocycles. The summed E-state index contributed by atoms with van der Waals surface area (Å²) < 4.78 is 25.5. The highest BCUT2D eigenvalue weighted by Crippen LogP contribution is 2.23. The lowest BCUT2D eigenvalue weighted by molar-refractivity contribution is -0.136. The number of hydrogen-bond donors (Lipinski definition) is 1. The second-order valence-corrected chi connectivity index (χ2v) is 6.25. The Morgan fingerprint density at radius 3 is 2.48 bits per heavy atom. The highest BCUT2D eigenvalue weighted by atomic mass is 35.5. The van der Waals surface area contributed by atoms with E-state index in [2.05, 4.69) is 0 Å². The number of carboxylic acids is 1. The molecule has 1 N–H and O–H groups in total. The summed E-state index contributed by atoms with van der Waals surface area (Å²) in [5, 5.41) is 8.67. The lowest BCUT2D eigenvalue weighted by Gasteiger charge is -2.06. The quantitative estimate of drug-likeness (QED) is 0.916. The molecule has 2 rings (SSSR count). The van der Waals surface area contributed by atoms with E-state index in [0.29, 0.717) is 16.0 Å². The molecule has 0 aromatic heterocycles. The molecule has 0 amide bonds. The Morgan fingerprint density at radius 1 is 1.19 bits per heavy atom. The van der Waals surface area contributed by atoms with Crippen LogP contribution in [0.4, 0.5) is 4.39 Å². The van der Waals surface area contributed by atoms with Gasteiger partial charge < -0.3 is 5.11 Å². The van der Waals surface area contributed by atoms with Crippen molar-refractivity contribution in [3.05, 3.63) is 64.4 Å². The van der Waals surface area contributed by atoms with Crippen LogP contribution in [0.1, 0.15) is 11.1 Å². The molecular weight excluding hydrogens is 315 g/mol. The monoisotopic (exact) mass is 326 g/mol. The molecule has 0 fully saturated rings. The van der Waals surface area contributed by atoms with Crippen molar-refractivity contribution in [2.75, 3.05) is 0 Å². The Morgan fingerprint density at radius 2 is 1.86 bits per heavy atom. The predicted molar refractivity (Wildman–Crippen MR) is 79.3 cm³/mol. The summed E-state index contributed by atoms with van der Waals surface area (Å²) in [6.45, 7) is 0. The molecule has 3 nitrogen and oxygen atoms in total. The molecule has 6 heteroatoms. The normalized spacial score (nSPS) is 12.1. The van der Waals surface area contributed by atoms with Crippen LogP contribution >= 0.6 is 11.6 Å². The van der Waals surface area contributed by atoms with Gasteiger partial charge in [-0.2, -0.15) is 0 Å². The van der Waals surface area contributed by atoms with E-state index in [1.807, 2.05) is 0 Å². The fourth-order valence-electron chi connectivity index (χ4n) is 1.82. The molecule has 1 atom stereocenters. The molecule has 2 aromatic rings. The molecule has 1 unspecified atom stereocenters. The van der Waals surface area contributed by atoms with Crippen LogP contribution in [0.3, 0.4) is 0 Å². The zero-order chi connectivity index (χ0) is 15.4. The summed E-state index contributed by atoms with van der Waals surface area (Å²) in [7, 11) is -1.37. The van der Waals surface area contributed by atoms with Gasteiger partial charge in [0.1, 0.15) is 5.82 Å². The molecule has 2 aromatic carbocycles. The lowest BCUT2D eigenvalue weighted by Crippen LogP contribution is -2.01. The van der Waals surface area contributed by atoms with E-state index >= 15 is 0 Å². The number of carbonyl (C=O) groups is 1. The Bertz CT molecular complexity index is 686. The summed E-state index contributed by atoms with van der Waals surface area (Å²) in [6, 6.07) is 10.9. The third kappa shape index (κ3) is 4.12. The van der Waals surface area contributed by atoms with Crippen LogP contribution in [0.15, 0.2) is 47.4 Å². The summed E-state index contributed by atoms with van der Waals surface area (Å²) in [4.78, 5) is 11.1. The Hall–Kier alpha value is -1.72. The number of carboxylic acid groups (broad SMARTS) is 1. The number of halogens is 2. The van der Waals surface area contributed by atoms with Crippen molar-refractivity contribution in [2.24, 2.45) is 0 Å². The number of benzene rings is 2. The molecule has 0 heterocycles. The van der Waals surface area contributed by atoms with E-state index in [-0.39, 0.29) is 17.2 Å². The van der Waals surface area contributed by atoms with Crippen LogP contribution < -0.4 is 0 Å². The van der Waals surface area contributed by atoms with Crippen molar-refractivity contribution in [1.29, 1.82) is 0 Å². The first-order chi connectivity index (χ1) is 9.97. The Labute approximate surface area is 128 Å². The standard InChI is InChI=1S/C15H12ClFO3S/c16-15-11(2-1-3-13(15)17)9-21(20)12-6-4-10(5-7-12)8-14(18)19/h1-7H,8-9H2,(H,18,19). The van der Waals surface area contributed by atoms with Gasteiger partial charge in [-0.3, -0.25) is 9.00 Å². The third-order valence-electron chi connectivity index (χ3n) is 2.86. The molecule has 21 heavy (non-hydrogen) atoms. The summed E-state index contributed by atoms with van der Waals surface area (Å²) in [5.41, 5.74) is 1.11. The first-order valence-electron chi connectivity index (χ1n) is 6.09. The molecular formula is C15H12ClFO3S. The molecule has 0 saturated carbocycles. The van der Waals surface area contributed by atoms with Gasteiger partial charge in [-0.1, -0.05) is 35.9 Å². The molecule has 0 spiro atoms. The zero-order valence-electron chi connectivity index (χ0n) is 10.9. The summed E-state index contributed by atoms with van der Waals surface area (Å²) >= 11 is 5.83. The second-order valence-electron chi connectivity index (χ2n) is 4.42. The summed E-state index contributed by atoms with van der Waals surface area (Å²) in [5.74, 6) is -1.35. The molecule has 110 valence electrons. The SMILES string of the molecule is O=C(O)Cc1ccc(S(=O)Cc2cccc(F)c2Cl)cc1. The predicted octanol–water partition coefficient (Wildman–Crippen LogP) is 3.41. The molecule has 0 radical (unpaired) electrons. The average Bonchev–Trinajstić information content (AvgIpc) is 2.44. The van der Waals surface area contributed by atoms with Crippen molar-refractivity contribution >= 4 is 28.4 Å². The third-order valence-corrected chi connectivity index (χ3v) is 4.65. The van der Waals surface area contributed by atoms with E-state index in [0.717, 1.165) is 0 Å². The van der Waals surface area contributed by atoms with E-state index in [4.69, 9.17) is 16.7 Å². The van der Waals surface area contributed by atoms with Crippen LogP contribution in [0, 0.1) is 5.82 Å². The fraction of sp³-hybridized carbons (Fsp3) is 0.133. The van der Waals surface area contributed by atoms with Gasteiger partial charge in [0, 0.05) is 4.90 Å². The topological polar surface area (TPSA) is 54.4 Å². The van der Waals surface area contributed by atoms with Gasteiger partial charge in [0.25, 0.3) is 0 Å². The molecule has 0 saturated heterocycles. The van der Waals surface area contributed by atoms with E-state index in [9.17, 15) is 13.4 Å². The van der Waals surface area contributed by atoms with Crippen molar-refractivity contribution in [3.63, 3.8) is 0 Å². The van der Waals surface area contributed by atoms with Crippen LogP contribution in [0.25, 0.3) is 0 Å². The van der Waals surface area contributed by atoms with Crippen LogP contribution in [0.2, 0.25) is 5.02 Å². The molecule has 0 bridgehead atoms. The van der Waals surface area contributed by atoms with Gasteiger partial charge >= 0.3 is 5.97 Å². The van der Waals surface area contributed by atoms with Crippen molar-refractivity contribution in [3.8, 4) is 0 Å². The minimum Gasteiger partial charge on any atom is -0.481 e. The summed E-state index contributed by atoms with van der Waals surface area (Å²) in [6.07, 6.45) is -0.0807. The lowest BCUT2D eigenvalue weighted by atomic mass is 10.2. The van der Waals surface area contributed by atoms with Gasteiger partial charge in [-0.05, 0) is 29.3 Å². The highest BCUT2D eigenvalue weighted by Gasteiger charge is 2.11. The first-order valence-corrected chi connectivity index (χ1v) is 7.79. The average molecular weight is 327 g/mol. The Balaban J connectivity index is 2.13. The fourth-order valence-corrected chi connectivity index (χ4v) is 3.22. The first kappa shape index (κ1) is 15.7. The second kappa shape index (κ2) is 6.83. The highest BCUT2D eigenvalue weighted by molar-refractivity contribution is 7.84. The minimum atomic E-state index is -1.37. The number of rotatable bonds is 5. The maximum absolute atomic E-state index is 13.3. The van der Waals surface area contributed by atoms with E-state index in [1.165, 1.54) is 12.1 Å². The smallest absolute Gasteiger partial charge is 0.307 e.